The van der Waals surface area contributed by atoms with Crippen molar-refractivity contribution in [2.75, 3.05) is 13.6 Å². The molecule has 0 unspecified atom stereocenters. The summed E-state index contributed by atoms with van der Waals surface area (Å²) in [5, 5.41) is 11.0. The zero-order valence-electron chi connectivity index (χ0n) is 8.34. The molecular formula is C8H15F3N2O2. The van der Waals surface area contributed by atoms with Crippen molar-refractivity contribution in [3.63, 3.8) is 0 Å². The van der Waals surface area contributed by atoms with E-state index in [2.05, 4.69) is 5.32 Å². The van der Waals surface area contributed by atoms with Crippen molar-refractivity contribution < 1.29 is 23.1 Å². The van der Waals surface area contributed by atoms with E-state index >= 15 is 0 Å². The number of hydrogen-bond donors (Lipinski definition) is 3. The number of halogens is 3. The molecule has 0 radical (unpaired) electrons. The SMILES string of the molecule is CNC[C@H](N)C[C@H](CC(=O)O)C(F)(F)F. The van der Waals surface area contributed by atoms with Crippen molar-refractivity contribution in [3.05, 3.63) is 0 Å². The van der Waals surface area contributed by atoms with Gasteiger partial charge in [-0.1, -0.05) is 0 Å². The lowest BCUT2D eigenvalue weighted by atomic mass is 9.96. The van der Waals surface area contributed by atoms with Crippen molar-refractivity contribution in [1.29, 1.82) is 0 Å². The molecule has 0 spiro atoms. The summed E-state index contributed by atoms with van der Waals surface area (Å²) >= 11 is 0. The highest BCUT2D eigenvalue weighted by molar-refractivity contribution is 5.67. The third-order valence-electron chi connectivity index (χ3n) is 1.94. The second-order valence-corrected chi connectivity index (χ2v) is 3.39. The monoisotopic (exact) mass is 228 g/mol. The van der Waals surface area contributed by atoms with Crippen LogP contribution in [0.25, 0.3) is 0 Å². The highest BCUT2D eigenvalue weighted by Gasteiger charge is 2.41. The summed E-state index contributed by atoms with van der Waals surface area (Å²) in [5.41, 5.74) is 5.40. The number of alkyl halides is 3. The van der Waals surface area contributed by atoms with E-state index in [0.717, 1.165) is 0 Å². The molecule has 2 atom stereocenters. The van der Waals surface area contributed by atoms with Crippen molar-refractivity contribution in [2.45, 2.75) is 25.1 Å². The first kappa shape index (κ1) is 14.2. The molecule has 0 saturated carbocycles. The number of likely N-dealkylation sites (N-methyl/N-ethyl adjacent to an activating group) is 1. The molecule has 0 aromatic rings. The van der Waals surface area contributed by atoms with Gasteiger partial charge in [0.05, 0.1) is 12.3 Å². The summed E-state index contributed by atoms with van der Waals surface area (Å²) < 4.78 is 37.0. The number of nitrogens with two attached hydrogens (primary N) is 1. The Morgan fingerprint density at radius 2 is 2.07 bits per heavy atom. The molecule has 90 valence electrons. The van der Waals surface area contributed by atoms with E-state index in [9.17, 15) is 18.0 Å². The van der Waals surface area contributed by atoms with E-state index in [1.165, 1.54) is 0 Å². The Kier molecular flexibility index (Phi) is 5.59. The minimum absolute atomic E-state index is 0.228. The number of nitrogens with one attached hydrogen (secondary N) is 1. The number of carbonyl (C=O) groups is 1. The van der Waals surface area contributed by atoms with Crippen LogP contribution in [0.3, 0.4) is 0 Å². The average molecular weight is 228 g/mol. The zero-order valence-corrected chi connectivity index (χ0v) is 8.34. The standard InChI is InChI=1S/C8H15F3N2O2/c1-13-4-6(12)2-5(3-7(14)15)8(9,10)11/h5-6,13H,2-4,12H2,1H3,(H,14,15)/t5-,6-/m1/s1. The lowest BCUT2D eigenvalue weighted by molar-refractivity contribution is -0.185. The topological polar surface area (TPSA) is 75.3 Å². The summed E-state index contributed by atoms with van der Waals surface area (Å²) in [7, 11) is 1.57. The lowest BCUT2D eigenvalue weighted by Gasteiger charge is -2.21. The molecule has 0 fully saturated rings. The number of hydrogen-bond acceptors (Lipinski definition) is 3. The van der Waals surface area contributed by atoms with E-state index < -0.39 is 30.5 Å². The summed E-state index contributed by atoms with van der Waals surface area (Å²) in [5.74, 6) is -3.34. The van der Waals surface area contributed by atoms with Gasteiger partial charge in [-0.3, -0.25) is 4.79 Å². The molecule has 15 heavy (non-hydrogen) atoms. The Labute approximate surface area is 85.6 Å². The van der Waals surface area contributed by atoms with Gasteiger partial charge < -0.3 is 16.2 Å². The van der Waals surface area contributed by atoms with Gasteiger partial charge in [-0.2, -0.15) is 13.2 Å². The van der Waals surface area contributed by atoms with Crippen LogP contribution in [0.1, 0.15) is 12.8 Å². The van der Waals surface area contributed by atoms with Gasteiger partial charge in [0.25, 0.3) is 0 Å². The maximum Gasteiger partial charge on any atom is 0.392 e. The fourth-order valence-corrected chi connectivity index (χ4v) is 1.25. The molecule has 0 rings (SSSR count). The molecule has 4 nitrogen and oxygen atoms in total. The first-order valence-corrected chi connectivity index (χ1v) is 4.46. The van der Waals surface area contributed by atoms with Crippen LogP contribution < -0.4 is 11.1 Å². The first-order valence-electron chi connectivity index (χ1n) is 4.46. The lowest BCUT2D eigenvalue weighted by Crippen LogP contribution is -2.38. The molecule has 4 N–H and O–H groups in total. The van der Waals surface area contributed by atoms with E-state index in [0.29, 0.717) is 0 Å². The highest BCUT2D eigenvalue weighted by atomic mass is 19.4. The third-order valence-corrected chi connectivity index (χ3v) is 1.94. The van der Waals surface area contributed by atoms with Gasteiger partial charge in [0, 0.05) is 12.6 Å². The van der Waals surface area contributed by atoms with Gasteiger partial charge >= 0.3 is 12.1 Å². The average Bonchev–Trinajstić information content (AvgIpc) is 2.00. The smallest absolute Gasteiger partial charge is 0.392 e. The maximum absolute atomic E-state index is 12.3. The second kappa shape index (κ2) is 5.92. The largest absolute Gasteiger partial charge is 0.481 e. The number of carboxylic acids is 1. The molecule has 0 amide bonds. The summed E-state index contributed by atoms with van der Waals surface area (Å²) in [6, 6.07) is -0.694. The molecule has 0 aliphatic heterocycles. The molecule has 0 bridgehead atoms. The minimum Gasteiger partial charge on any atom is -0.481 e. The van der Waals surface area contributed by atoms with Gasteiger partial charge in [-0.15, -0.1) is 0 Å². The van der Waals surface area contributed by atoms with Crippen LogP contribution in [0.4, 0.5) is 13.2 Å². The highest BCUT2D eigenvalue weighted by Crippen LogP contribution is 2.32. The van der Waals surface area contributed by atoms with Crippen LogP contribution in [0.5, 0.6) is 0 Å². The Balaban J connectivity index is 4.31. The van der Waals surface area contributed by atoms with Crippen LogP contribution in [0.2, 0.25) is 0 Å². The van der Waals surface area contributed by atoms with Gasteiger partial charge in [0.1, 0.15) is 0 Å². The molecule has 0 saturated heterocycles. The van der Waals surface area contributed by atoms with Crippen LogP contribution >= 0.6 is 0 Å². The fraction of sp³-hybridized carbons (Fsp3) is 0.875. The van der Waals surface area contributed by atoms with Crippen molar-refractivity contribution in [3.8, 4) is 0 Å². The van der Waals surface area contributed by atoms with Crippen LogP contribution in [0.15, 0.2) is 0 Å². The molecule has 0 aromatic heterocycles. The molecular weight excluding hydrogens is 213 g/mol. The quantitative estimate of drug-likeness (QED) is 0.621. The number of rotatable bonds is 6. The number of aliphatic carboxylic acids is 1. The van der Waals surface area contributed by atoms with Crippen LogP contribution in [-0.4, -0.2) is 36.9 Å². The summed E-state index contributed by atoms with van der Waals surface area (Å²) in [6.07, 6.45) is -5.82. The molecule has 0 aliphatic rings. The van der Waals surface area contributed by atoms with Gasteiger partial charge in [0.2, 0.25) is 0 Å². The molecule has 0 aliphatic carbocycles. The number of carboxylic acid groups (broad SMARTS) is 1. The van der Waals surface area contributed by atoms with Gasteiger partial charge in [-0.05, 0) is 13.5 Å². The van der Waals surface area contributed by atoms with Crippen molar-refractivity contribution in [2.24, 2.45) is 11.7 Å². The van der Waals surface area contributed by atoms with E-state index in [-0.39, 0.29) is 13.0 Å². The predicted octanol–water partition coefficient (Wildman–Crippen LogP) is 0.576. The van der Waals surface area contributed by atoms with E-state index in [4.69, 9.17) is 10.8 Å². The summed E-state index contributed by atoms with van der Waals surface area (Å²) in [4.78, 5) is 10.2. The van der Waals surface area contributed by atoms with Crippen molar-refractivity contribution >= 4 is 5.97 Å². The molecule has 7 heteroatoms. The Morgan fingerprint density at radius 1 is 1.53 bits per heavy atom. The predicted molar refractivity (Wildman–Crippen MR) is 48.3 cm³/mol. The molecule has 0 heterocycles. The zero-order chi connectivity index (χ0) is 12.1. The van der Waals surface area contributed by atoms with Crippen molar-refractivity contribution in [1.82, 2.24) is 5.32 Å². The van der Waals surface area contributed by atoms with Crippen LogP contribution in [-0.2, 0) is 4.79 Å². The van der Waals surface area contributed by atoms with Gasteiger partial charge in [-0.25, -0.2) is 0 Å². The first-order chi connectivity index (χ1) is 6.77. The fourth-order valence-electron chi connectivity index (χ4n) is 1.25. The van der Waals surface area contributed by atoms with Gasteiger partial charge in [0.15, 0.2) is 0 Å². The van der Waals surface area contributed by atoms with E-state index in [1.807, 2.05) is 0 Å². The molecule has 0 aromatic carbocycles. The van der Waals surface area contributed by atoms with E-state index in [1.54, 1.807) is 7.05 Å². The third kappa shape index (κ3) is 6.29. The second-order valence-electron chi connectivity index (χ2n) is 3.39. The Morgan fingerprint density at radius 3 is 2.40 bits per heavy atom. The minimum atomic E-state index is -4.51. The normalized spacial score (nSPS) is 16.1. The summed E-state index contributed by atoms with van der Waals surface area (Å²) in [6.45, 7) is 0.228. The Bertz CT molecular complexity index is 209. The van der Waals surface area contributed by atoms with Crippen LogP contribution in [0, 0.1) is 5.92 Å². The maximum atomic E-state index is 12.3. The Hall–Kier alpha value is -0.820.